The average Bonchev–Trinajstić information content (AvgIpc) is 2.55. The van der Waals surface area contributed by atoms with Gasteiger partial charge in [-0.2, -0.15) is 0 Å². The van der Waals surface area contributed by atoms with Crippen molar-refractivity contribution >= 4 is 28.2 Å². The number of aromatic hydroxyl groups is 1. The van der Waals surface area contributed by atoms with Gasteiger partial charge >= 0.3 is 6.03 Å². The van der Waals surface area contributed by atoms with E-state index in [1.165, 1.54) is 5.56 Å². The summed E-state index contributed by atoms with van der Waals surface area (Å²) in [6.07, 6.45) is 0. The molecule has 122 valence electrons. The van der Waals surface area contributed by atoms with E-state index in [1.807, 2.05) is 42.5 Å². The predicted octanol–water partition coefficient (Wildman–Crippen LogP) is 5.31. The fraction of sp³-hybridized carbons (Fsp3) is 0.150. The Balaban J connectivity index is 1.75. The first-order chi connectivity index (χ1) is 11.5. The first-order valence-electron chi connectivity index (χ1n) is 7.92. The molecule has 0 saturated carbocycles. The Morgan fingerprint density at radius 3 is 2.42 bits per heavy atom. The maximum Gasteiger partial charge on any atom is 0.323 e. The van der Waals surface area contributed by atoms with Crippen LogP contribution in [0.15, 0.2) is 60.7 Å². The monoisotopic (exact) mass is 320 g/mol. The minimum atomic E-state index is -0.298. The molecule has 4 heteroatoms. The van der Waals surface area contributed by atoms with Gasteiger partial charge in [-0.25, -0.2) is 4.79 Å². The summed E-state index contributed by atoms with van der Waals surface area (Å²) in [5, 5.41) is 17.0. The Morgan fingerprint density at radius 1 is 0.958 bits per heavy atom. The zero-order chi connectivity index (χ0) is 17.1. The summed E-state index contributed by atoms with van der Waals surface area (Å²) in [5.41, 5.74) is 2.67. The van der Waals surface area contributed by atoms with Crippen molar-refractivity contribution in [1.82, 2.24) is 0 Å². The van der Waals surface area contributed by atoms with Gasteiger partial charge in [0.05, 0.1) is 5.69 Å². The van der Waals surface area contributed by atoms with Gasteiger partial charge in [-0.1, -0.05) is 38.1 Å². The first-order valence-corrected chi connectivity index (χ1v) is 7.92. The van der Waals surface area contributed by atoms with Gasteiger partial charge in [0.1, 0.15) is 5.75 Å². The highest BCUT2D eigenvalue weighted by molar-refractivity contribution is 6.06. The predicted molar refractivity (Wildman–Crippen MR) is 98.8 cm³/mol. The second kappa shape index (κ2) is 6.62. The van der Waals surface area contributed by atoms with Crippen molar-refractivity contribution in [3.8, 4) is 5.75 Å². The number of rotatable bonds is 3. The van der Waals surface area contributed by atoms with Crippen molar-refractivity contribution in [3.05, 3.63) is 66.2 Å². The number of hydrogen-bond acceptors (Lipinski definition) is 2. The lowest BCUT2D eigenvalue weighted by molar-refractivity contribution is 0.262. The van der Waals surface area contributed by atoms with Crippen LogP contribution in [0, 0.1) is 0 Å². The summed E-state index contributed by atoms with van der Waals surface area (Å²) in [6.45, 7) is 4.26. The summed E-state index contributed by atoms with van der Waals surface area (Å²) in [4.78, 5) is 12.2. The Labute approximate surface area is 141 Å². The highest BCUT2D eigenvalue weighted by atomic mass is 16.3. The van der Waals surface area contributed by atoms with Crippen molar-refractivity contribution in [2.45, 2.75) is 19.8 Å². The van der Waals surface area contributed by atoms with Gasteiger partial charge in [-0.3, -0.25) is 0 Å². The second-order valence-corrected chi connectivity index (χ2v) is 6.07. The normalized spacial score (nSPS) is 10.8. The minimum Gasteiger partial charge on any atom is -0.508 e. The molecule has 0 aliphatic heterocycles. The molecule has 3 N–H and O–H groups in total. The van der Waals surface area contributed by atoms with Crippen molar-refractivity contribution in [2.24, 2.45) is 0 Å². The molecule has 0 aromatic heterocycles. The maximum absolute atomic E-state index is 12.2. The Hall–Kier alpha value is -3.01. The molecule has 0 atom stereocenters. The van der Waals surface area contributed by atoms with Crippen LogP contribution in [0.25, 0.3) is 10.8 Å². The van der Waals surface area contributed by atoms with Gasteiger partial charge in [0.2, 0.25) is 0 Å². The van der Waals surface area contributed by atoms with E-state index in [-0.39, 0.29) is 11.8 Å². The molecular formula is C20H20N2O2. The molecule has 3 aromatic carbocycles. The van der Waals surface area contributed by atoms with E-state index < -0.39 is 0 Å². The third-order valence-corrected chi connectivity index (χ3v) is 3.95. The zero-order valence-electron chi connectivity index (χ0n) is 13.7. The number of urea groups is 1. The number of amides is 2. The number of phenols is 1. The molecular weight excluding hydrogens is 300 g/mol. The van der Waals surface area contributed by atoms with Gasteiger partial charge in [0.25, 0.3) is 0 Å². The van der Waals surface area contributed by atoms with Gasteiger partial charge in [0, 0.05) is 11.1 Å². The molecule has 0 spiro atoms. The summed E-state index contributed by atoms with van der Waals surface area (Å²) < 4.78 is 0. The summed E-state index contributed by atoms with van der Waals surface area (Å²) in [6, 6.07) is 18.2. The van der Waals surface area contributed by atoms with E-state index in [0.29, 0.717) is 11.6 Å². The van der Waals surface area contributed by atoms with E-state index >= 15 is 0 Å². The van der Waals surface area contributed by atoms with E-state index in [4.69, 9.17) is 0 Å². The van der Waals surface area contributed by atoms with Gasteiger partial charge < -0.3 is 15.7 Å². The quantitative estimate of drug-likeness (QED) is 0.612. The second-order valence-electron chi connectivity index (χ2n) is 6.07. The molecule has 24 heavy (non-hydrogen) atoms. The fourth-order valence-corrected chi connectivity index (χ4v) is 2.62. The van der Waals surface area contributed by atoms with Crippen LogP contribution >= 0.6 is 0 Å². The summed E-state index contributed by atoms with van der Waals surface area (Å²) in [7, 11) is 0. The van der Waals surface area contributed by atoms with E-state index in [9.17, 15) is 9.90 Å². The number of hydrogen-bond donors (Lipinski definition) is 3. The van der Waals surface area contributed by atoms with Crippen LogP contribution in [0.5, 0.6) is 5.75 Å². The van der Waals surface area contributed by atoms with Crippen LogP contribution in [0.3, 0.4) is 0 Å². The zero-order valence-corrected chi connectivity index (χ0v) is 13.7. The molecule has 0 radical (unpaired) electrons. The first kappa shape index (κ1) is 15.9. The molecule has 0 aliphatic rings. The maximum atomic E-state index is 12.2. The average molecular weight is 320 g/mol. The summed E-state index contributed by atoms with van der Waals surface area (Å²) in [5.74, 6) is 0.661. The Morgan fingerprint density at radius 2 is 1.71 bits per heavy atom. The lowest BCUT2D eigenvalue weighted by Gasteiger charge is -2.11. The SMILES string of the molecule is CC(C)c1ccc(NC(=O)Nc2cccc3cc(O)ccc23)cc1. The van der Waals surface area contributed by atoms with E-state index in [1.54, 1.807) is 18.2 Å². The minimum absolute atomic E-state index is 0.203. The standard InChI is InChI=1S/C20H20N2O2/c1-13(2)14-6-8-16(9-7-14)21-20(24)22-19-5-3-4-15-12-17(23)10-11-18(15)19/h3-13,23H,1-2H3,(H2,21,22,24). The third-order valence-electron chi connectivity index (χ3n) is 3.95. The lowest BCUT2D eigenvalue weighted by Crippen LogP contribution is -2.19. The Bertz CT molecular complexity index is 870. The molecule has 0 heterocycles. The molecule has 3 aromatic rings. The van der Waals surface area contributed by atoms with Crippen molar-refractivity contribution in [3.63, 3.8) is 0 Å². The van der Waals surface area contributed by atoms with Crippen molar-refractivity contribution < 1.29 is 9.90 Å². The molecule has 2 amide bonds. The Kier molecular flexibility index (Phi) is 4.38. The molecule has 0 fully saturated rings. The number of anilines is 2. The topological polar surface area (TPSA) is 61.4 Å². The molecule has 0 unspecified atom stereocenters. The number of fused-ring (bicyclic) bond motifs is 1. The third kappa shape index (κ3) is 3.49. The molecule has 4 nitrogen and oxygen atoms in total. The van der Waals surface area contributed by atoms with Crippen LogP contribution in [-0.4, -0.2) is 11.1 Å². The van der Waals surface area contributed by atoms with Gasteiger partial charge in [-0.05, 0) is 53.3 Å². The van der Waals surface area contributed by atoms with Gasteiger partial charge in [0.15, 0.2) is 0 Å². The highest BCUT2D eigenvalue weighted by Crippen LogP contribution is 2.26. The van der Waals surface area contributed by atoms with Crippen LogP contribution in [0.1, 0.15) is 25.3 Å². The number of carbonyl (C=O) groups excluding carboxylic acids is 1. The summed E-state index contributed by atoms with van der Waals surface area (Å²) >= 11 is 0. The van der Waals surface area contributed by atoms with Crippen molar-refractivity contribution in [2.75, 3.05) is 10.6 Å². The molecule has 0 bridgehead atoms. The number of nitrogens with one attached hydrogen (secondary N) is 2. The highest BCUT2D eigenvalue weighted by Gasteiger charge is 2.07. The van der Waals surface area contributed by atoms with Crippen molar-refractivity contribution in [1.29, 1.82) is 0 Å². The van der Waals surface area contributed by atoms with E-state index in [2.05, 4.69) is 24.5 Å². The van der Waals surface area contributed by atoms with Crippen LogP contribution in [0.4, 0.5) is 16.2 Å². The molecule has 3 rings (SSSR count). The number of carbonyl (C=O) groups is 1. The number of phenolic OH excluding ortho intramolecular Hbond substituents is 1. The lowest BCUT2D eigenvalue weighted by atomic mass is 10.0. The van der Waals surface area contributed by atoms with E-state index in [0.717, 1.165) is 16.5 Å². The molecule has 0 saturated heterocycles. The van der Waals surface area contributed by atoms with Crippen LogP contribution in [-0.2, 0) is 0 Å². The largest absolute Gasteiger partial charge is 0.508 e. The fourth-order valence-electron chi connectivity index (χ4n) is 2.62. The smallest absolute Gasteiger partial charge is 0.323 e. The van der Waals surface area contributed by atoms with Crippen LogP contribution in [0.2, 0.25) is 0 Å². The number of benzene rings is 3. The van der Waals surface area contributed by atoms with Gasteiger partial charge in [-0.15, -0.1) is 0 Å². The van der Waals surface area contributed by atoms with Crippen LogP contribution < -0.4 is 10.6 Å². The molecule has 0 aliphatic carbocycles.